The number of phenols is 4. The topological polar surface area (TPSA) is 84.2 Å². The molecule has 64 heavy (non-hydrogen) atoms. The second-order valence-electron chi connectivity index (χ2n) is 17.7. The van der Waals surface area contributed by atoms with Crippen LogP contribution in [0.5, 0.6) is 23.0 Å². The van der Waals surface area contributed by atoms with Gasteiger partial charge in [-0.25, -0.2) is 0 Å². The molecule has 0 bridgehead atoms. The second-order valence-corrected chi connectivity index (χ2v) is 17.7. The van der Waals surface area contributed by atoms with E-state index in [9.17, 15) is 20.4 Å². The lowest BCUT2D eigenvalue weighted by molar-refractivity contribution is 0.360. The molecule has 0 fully saturated rings. The standard InChI is InChI=1S/C57H43NO4.C2H6/c1-32-52(59)50(54(61)55(62)53(32)60)34-20-23-35(24-21-34)58(36-25-28-42-39-14-6-9-17-45(39)56(2,3)48(42)30-36)37-26-29-43-40-15-7-10-18-46(40)57(49(43)31-37)47-19-11-8-16-41(47)44-27-22-33-12-4-5-13-38(33)51(44)57;1-2/h4-5,7-13,15-31,59-62H,6,14H2,1-3H3;1-2H3. The molecule has 0 radical (unpaired) electrons. The number of fused-ring (bicyclic) bond motifs is 14. The van der Waals surface area contributed by atoms with Crippen LogP contribution >= 0.6 is 0 Å². The first-order chi connectivity index (χ1) is 31.1. The van der Waals surface area contributed by atoms with E-state index in [1.807, 2.05) is 38.1 Å². The van der Waals surface area contributed by atoms with Gasteiger partial charge in [-0.15, -0.1) is 0 Å². The van der Waals surface area contributed by atoms with E-state index in [-0.39, 0.29) is 22.3 Å². The Hall–Kier alpha value is -7.50. The summed E-state index contributed by atoms with van der Waals surface area (Å²) in [4.78, 5) is 2.31. The van der Waals surface area contributed by atoms with Crippen molar-refractivity contribution >= 4 is 33.4 Å². The largest absolute Gasteiger partial charge is 0.507 e. The summed E-state index contributed by atoms with van der Waals surface area (Å²) in [6.07, 6.45) is 6.69. The van der Waals surface area contributed by atoms with E-state index in [0.29, 0.717) is 5.56 Å². The quantitative estimate of drug-likeness (QED) is 0.105. The van der Waals surface area contributed by atoms with Gasteiger partial charge in [0.05, 0.1) is 11.0 Å². The molecule has 5 heteroatoms. The first-order valence-electron chi connectivity index (χ1n) is 22.4. The van der Waals surface area contributed by atoms with E-state index in [4.69, 9.17) is 0 Å². The Morgan fingerprint density at radius 3 is 1.81 bits per heavy atom. The molecule has 1 atom stereocenters. The minimum absolute atomic E-state index is 0.0583. The van der Waals surface area contributed by atoms with Crippen LogP contribution in [0.4, 0.5) is 17.1 Å². The highest BCUT2D eigenvalue weighted by atomic mass is 16.3. The third-order valence-corrected chi connectivity index (χ3v) is 14.4. The molecule has 314 valence electrons. The average Bonchev–Trinajstić information content (AvgIpc) is 3.90. The number of hydrogen-bond acceptors (Lipinski definition) is 5. The minimum Gasteiger partial charge on any atom is -0.507 e. The van der Waals surface area contributed by atoms with Crippen molar-refractivity contribution in [2.75, 3.05) is 4.90 Å². The fourth-order valence-electron chi connectivity index (χ4n) is 11.5. The van der Waals surface area contributed by atoms with Crippen LogP contribution < -0.4 is 4.90 Å². The fraction of sp³-hybridized carbons (Fsp3) is 0.153. The normalized spacial score (nSPS) is 16.7. The molecule has 0 saturated heterocycles. The molecule has 4 aliphatic carbocycles. The summed E-state index contributed by atoms with van der Waals surface area (Å²) in [5, 5.41) is 45.5. The van der Waals surface area contributed by atoms with Crippen molar-refractivity contribution in [1.29, 1.82) is 0 Å². The molecule has 0 saturated carbocycles. The summed E-state index contributed by atoms with van der Waals surface area (Å²) in [5.41, 5.74) is 18.3. The zero-order valence-electron chi connectivity index (χ0n) is 36.7. The predicted octanol–water partition coefficient (Wildman–Crippen LogP) is 14.9. The van der Waals surface area contributed by atoms with Crippen molar-refractivity contribution in [2.24, 2.45) is 0 Å². The zero-order chi connectivity index (χ0) is 44.2. The van der Waals surface area contributed by atoms with Crippen molar-refractivity contribution in [3.63, 3.8) is 0 Å². The molecule has 0 aromatic heterocycles. The first-order valence-corrected chi connectivity index (χ1v) is 22.4. The van der Waals surface area contributed by atoms with Crippen molar-refractivity contribution in [2.45, 2.75) is 58.3 Å². The molecule has 0 amide bonds. The third-order valence-electron chi connectivity index (χ3n) is 14.4. The number of benzene rings is 8. The molecular formula is C59H49NO4. The highest BCUT2D eigenvalue weighted by molar-refractivity contribution is 6.04. The van der Waals surface area contributed by atoms with E-state index in [0.717, 1.165) is 29.9 Å². The molecule has 0 heterocycles. The Labute approximate surface area is 374 Å². The number of phenolic OH excluding ortho intramolecular Hbond substituents is 4. The van der Waals surface area contributed by atoms with Crippen LogP contribution in [0.1, 0.15) is 79.5 Å². The Balaban J connectivity index is 0.00000225. The van der Waals surface area contributed by atoms with E-state index < -0.39 is 22.7 Å². The van der Waals surface area contributed by atoms with Crippen LogP contribution in [-0.4, -0.2) is 20.4 Å². The summed E-state index contributed by atoms with van der Waals surface area (Å²) in [7, 11) is 0. The highest BCUT2D eigenvalue weighted by Gasteiger charge is 2.52. The Bertz CT molecular complexity index is 3290. The molecule has 8 aromatic rings. The number of aromatic hydroxyl groups is 4. The van der Waals surface area contributed by atoms with Gasteiger partial charge in [0, 0.05) is 28.0 Å². The molecule has 8 aromatic carbocycles. The summed E-state index contributed by atoms with van der Waals surface area (Å²) in [6.45, 7) is 10.2. The Morgan fingerprint density at radius 1 is 0.516 bits per heavy atom. The van der Waals surface area contributed by atoms with Gasteiger partial charge in [0.25, 0.3) is 0 Å². The number of allylic oxidation sites excluding steroid dienone is 4. The monoisotopic (exact) mass is 835 g/mol. The van der Waals surface area contributed by atoms with Gasteiger partial charge in [0.15, 0.2) is 11.5 Å². The Morgan fingerprint density at radius 2 is 1.09 bits per heavy atom. The maximum atomic E-state index is 11.1. The van der Waals surface area contributed by atoms with Crippen LogP contribution in [0.25, 0.3) is 49.7 Å². The summed E-state index contributed by atoms with van der Waals surface area (Å²) >= 11 is 0. The summed E-state index contributed by atoms with van der Waals surface area (Å²) in [5.74, 6) is -2.07. The predicted molar refractivity (Wildman–Crippen MR) is 261 cm³/mol. The zero-order valence-corrected chi connectivity index (χ0v) is 36.7. The van der Waals surface area contributed by atoms with Gasteiger partial charge in [-0.2, -0.15) is 0 Å². The van der Waals surface area contributed by atoms with Crippen molar-refractivity contribution < 1.29 is 20.4 Å². The first kappa shape index (κ1) is 39.4. The van der Waals surface area contributed by atoms with Gasteiger partial charge in [0.2, 0.25) is 5.75 Å². The second kappa shape index (κ2) is 14.3. The van der Waals surface area contributed by atoms with Gasteiger partial charge in [0.1, 0.15) is 5.75 Å². The SMILES string of the molecule is CC.Cc1c(O)c(O)c(O)c(-c2ccc(N(c3ccc4c(c3)C(C)(C)C3=C4CCC=C3)c3ccc4c(c3)C3(c5ccccc5-4)c4ccccc4-c4ccc5ccccc5c43)cc2)c1O. The highest BCUT2D eigenvalue weighted by Crippen LogP contribution is 2.65. The average molecular weight is 836 g/mol. The number of nitrogens with zero attached hydrogens (tertiary/aromatic N) is 1. The molecule has 0 aliphatic heterocycles. The van der Waals surface area contributed by atoms with Crippen LogP contribution in [0, 0.1) is 6.92 Å². The third kappa shape index (κ3) is 5.18. The Kier molecular flexibility index (Phi) is 8.77. The van der Waals surface area contributed by atoms with Gasteiger partial charge in [-0.3, -0.25) is 0 Å². The van der Waals surface area contributed by atoms with E-state index in [1.165, 1.54) is 84.5 Å². The molecule has 1 spiro atoms. The fourth-order valence-corrected chi connectivity index (χ4v) is 11.5. The number of anilines is 3. The van der Waals surface area contributed by atoms with Crippen LogP contribution in [0.2, 0.25) is 0 Å². The van der Waals surface area contributed by atoms with Crippen LogP contribution in [0.3, 0.4) is 0 Å². The molecule has 4 N–H and O–H groups in total. The van der Waals surface area contributed by atoms with Crippen LogP contribution in [0.15, 0.2) is 163 Å². The summed E-state index contributed by atoms with van der Waals surface area (Å²) < 4.78 is 0. The summed E-state index contributed by atoms with van der Waals surface area (Å²) in [6, 6.07) is 52.7. The van der Waals surface area contributed by atoms with E-state index >= 15 is 0 Å². The number of hydrogen-bond donors (Lipinski definition) is 4. The van der Waals surface area contributed by atoms with Crippen molar-refractivity contribution in [3.05, 3.63) is 202 Å². The number of rotatable bonds is 4. The van der Waals surface area contributed by atoms with Crippen molar-refractivity contribution in [3.8, 4) is 56.4 Å². The molecule has 5 nitrogen and oxygen atoms in total. The maximum absolute atomic E-state index is 11.1. The smallest absolute Gasteiger partial charge is 0.201 e. The lowest BCUT2D eigenvalue weighted by Gasteiger charge is -2.33. The molecule has 12 rings (SSSR count). The lowest BCUT2D eigenvalue weighted by Crippen LogP contribution is -2.26. The van der Waals surface area contributed by atoms with Gasteiger partial charge < -0.3 is 25.3 Å². The van der Waals surface area contributed by atoms with E-state index in [2.05, 4.69) is 152 Å². The molecule has 4 aliphatic rings. The van der Waals surface area contributed by atoms with Gasteiger partial charge >= 0.3 is 0 Å². The van der Waals surface area contributed by atoms with Gasteiger partial charge in [-0.05, 0) is 139 Å². The molecule has 1 unspecified atom stereocenters. The molecular weight excluding hydrogens is 787 g/mol. The van der Waals surface area contributed by atoms with E-state index in [1.54, 1.807) is 0 Å². The van der Waals surface area contributed by atoms with Gasteiger partial charge in [-0.1, -0.05) is 149 Å². The van der Waals surface area contributed by atoms with Crippen molar-refractivity contribution in [1.82, 2.24) is 0 Å². The van der Waals surface area contributed by atoms with Crippen LogP contribution in [-0.2, 0) is 10.8 Å². The lowest BCUT2D eigenvalue weighted by atomic mass is 9.69. The maximum Gasteiger partial charge on any atom is 0.201 e. The minimum atomic E-state index is -0.663.